The fourth-order valence-corrected chi connectivity index (χ4v) is 2.38. The van der Waals surface area contributed by atoms with Gasteiger partial charge in [0, 0.05) is 12.2 Å². The summed E-state index contributed by atoms with van der Waals surface area (Å²) in [7, 11) is 3.14. The van der Waals surface area contributed by atoms with Crippen molar-refractivity contribution in [3.05, 3.63) is 48.0 Å². The molecule has 0 saturated carbocycles. The van der Waals surface area contributed by atoms with Gasteiger partial charge in [-0.25, -0.2) is 0 Å². The molecule has 6 nitrogen and oxygen atoms in total. The van der Waals surface area contributed by atoms with Crippen LogP contribution in [0.5, 0.6) is 17.2 Å². The molecule has 2 rings (SSSR count). The van der Waals surface area contributed by atoms with E-state index in [-0.39, 0.29) is 18.2 Å². The van der Waals surface area contributed by atoms with E-state index in [1.54, 1.807) is 26.4 Å². The van der Waals surface area contributed by atoms with E-state index in [1.807, 2.05) is 18.2 Å². The number of hydrogen-bond acceptors (Lipinski definition) is 5. The lowest BCUT2D eigenvalue weighted by Gasteiger charge is -2.11. The van der Waals surface area contributed by atoms with Gasteiger partial charge in [0.25, 0.3) is 0 Å². The summed E-state index contributed by atoms with van der Waals surface area (Å²) in [5.41, 5.74) is 1.64. The first-order chi connectivity index (χ1) is 13.0. The molecular weight excluding hydrogens is 358 g/mol. The number of benzene rings is 2. The highest BCUT2D eigenvalue weighted by atomic mass is 19.3. The van der Waals surface area contributed by atoms with E-state index >= 15 is 0 Å². The summed E-state index contributed by atoms with van der Waals surface area (Å²) >= 11 is 0. The number of rotatable bonds is 10. The van der Waals surface area contributed by atoms with Crippen molar-refractivity contribution in [2.75, 3.05) is 32.6 Å². The van der Waals surface area contributed by atoms with Crippen molar-refractivity contribution < 1.29 is 27.8 Å². The molecule has 0 aliphatic rings. The number of methoxy groups -OCH3 is 2. The zero-order chi connectivity index (χ0) is 19.6. The van der Waals surface area contributed by atoms with E-state index in [0.29, 0.717) is 30.2 Å². The zero-order valence-electron chi connectivity index (χ0n) is 15.1. The molecule has 146 valence electrons. The van der Waals surface area contributed by atoms with Gasteiger partial charge in [-0.15, -0.1) is 0 Å². The van der Waals surface area contributed by atoms with Crippen LogP contribution in [0.2, 0.25) is 0 Å². The molecule has 27 heavy (non-hydrogen) atoms. The van der Waals surface area contributed by atoms with Gasteiger partial charge < -0.3 is 24.8 Å². The Kier molecular flexibility index (Phi) is 7.66. The molecule has 0 aliphatic heterocycles. The van der Waals surface area contributed by atoms with Crippen LogP contribution >= 0.6 is 0 Å². The van der Waals surface area contributed by atoms with E-state index in [4.69, 9.17) is 9.47 Å². The lowest BCUT2D eigenvalue weighted by molar-refractivity contribution is -0.119. The highest BCUT2D eigenvalue weighted by molar-refractivity contribution is 5.80. The monoisotopic (exact) mass is 380 g/mol. The summed E-state index contributed by atoms with van der Waals surface area (Å²) in [5, 5.41) is 5.72. The Bertz CT molecular complexity index is 739. The van der Waals surface area contributed by atoms with Crippen molar-refractivity contribution in [1.82, 2.24) is 5.32 Å². The number of carbonyl (C=O) groups excluding carboxylic acids is 1. The van der Waals surface area contributed by atoms with Gasteiger partial charge in [0.05, 0.1) is 20.8 Å². The quantitative estimate of drug-likeness (QED) is 0.663. The van der Waals surface area contributed by atoms with Crippen molar-refractivity contribution in [2.24, 2.45) is 0 Å². The first kappa shape index (κ1) is 20.3. The Hall–Kier alpha value is -3.03. The van der Waals surface area contributed by atoms with Crippen molar-refractivity contribution in [3.8, 4) is 17.2 Å². The van der Waals surface area contributed by atoms with Crippen LogP contribution in [-0.4, -0.2) is 39.8 Å². The Morgan fingerprint density at radius 2 is 1.74 bits per heavy atom. The number of halogens is 2. The molecule has 0 radical (unpaired) electrons. The summed E-state index contributed by atoms with van der Waals surface area (Å²) < 4.78 is 38.9. The van der Waals surface area contributed by atoms with Gasteiger partial charge in [0.2, 0.25) is 5.91 Å². The number of nitrogens with one attached hydrogen (secondary N) is 2. The molecule has 2 N–H and O–H groups in total. The molecule has 0 aromatic heterocycles. The van der Waals surface area contributed by atoms with E-state index in [1.165, 1.54) is 12.1 Å². The van der Waals surface area contributed by atoms with Gasteiger partial charge in [-0.1, -0.05) is 6.07 Å². The molecule has 0 unspecified atom stereocenters. The molecule has 0 spiro atoms. The van der Waals surface area contributed by atoms with Crippen molar-refractivity contribution >= 4 is 11.6 Å². The molecule has 0 heterocycles. The van der Waals surface area contributed by atoms with Gasteiger partial charge in [-0.2, -0.15) is 8.78 Å². The predicted molar refractivity (Wildman–Crippen MR) is 97.8 cm³/mol. The lowest BCUT2D eigenvalue weighted by atomic mass is 10.1. The summed E-state index contributed by atoms with van der Waals surface area (Å²) in [6, 6.07) is 11.5. The number of hydrogen-bond donors (Lipinski definition) is 2. The number of amides is 1. The first-order valence-corrected chi connectivity index (χ1v) is 8.28. The topological polar surface area (TPSA) is 68.8 Å². The summed E-state index contributed by atoms with van der Waals surface area (Å²) in [6.45, 7) is -2.32. The highest BCUT2D eigenvalue weighted by Crippen LogP contribution is 2.27. The number of anilines is 1. The highest BCUT2D eigenvalue weighted by Gasteiger charge is 2.06. The minimum Gasteiger partial charge on any atom is -0.493 e. The van der Waals surface area contributed by atoms with Crippen LogP contribution in [0.3, 0.4) is 0 Å². The second-order valence-corrected chi connectivity index (χ2v) is 5.55. The third kappa shape index (κ3) is 6.65. The summed E-state index contributed by atoms with van der Waals surface area (Å²) in [4.78, 5) is 11.9. The smallest absolute Gasteiger partial charge is 0.387 e. The molecule has 0 fully saturated rings. The van der Waals surface area contributed by atoms with Crippen molar-refractivity contribution in [2.45, 2.75) is 13.0 Å². The van der Waals surface area contributed by atoms with Crippen LogP contribution in [0.4, 0.5) is 14.5 Å². The van der Waals surface area contributed by atoms with E-state index < -0.39 is 6.61 Å². The number of alkyl halides is 2. The molecule has 2 aromatic carbocycles. The fourth-order valence-electron chi connectivity index (χ4n) is 2.38. The number of carbonyl (C=O) groups is 1. The van der Waals surface area contributed by atoms with E-state index in [9.17, 15) is 13.6 Å². The lowest BCUT2D eigenvalue weighted by Crippen LogP contribution is -2.31. The van der Waals surface area contributed by atoms with Crippen LogP contribution in [0.15, 0.2) is 42.5 Å². The Balaban J connectivity index is 1.73. The van der Waals surface area contributed by atoms with Gasteiger partial charge in [-0.3, -0.25) is 4.79 Å². The SMILES string of the molecule is COc1ccc(CCNC(=O)CNc2ccc(OC(F)F)cc2)cc1OC. The molecule has 0 aliphatic carbocycles. The van der Waals surface area contributed by atoms with Crippen molar-refractivity contribution in [1.29, 1.82) is 0 Å². The average Bonchev–Trinajstić information content (AvgIpc) is 2.67. The van der Waals surface area contributed by atoms with E-state index in [0.717, 1.165) is 5.56 Å². The normalized spacial score (nSPS) is 10.4. The van der Waals surface area contributed by atoms with Crippen LogP contribution in [0.1, 0.15) is 5.56 Å². The fraction of sp³-hybridized carbons (Fsp3) is 0.316. The zero-order valence-corrected chi connectivity index (χ0v) is 15.1. The van der Waals surface area contributed by atoms with Gasteiger partial charge in [-0.05, 0) is 48.4 Å². The average molecular weight is 380 g/mol. The molecule has 1 amide bonds. The second-order valence-electron chi connectivity index (χ2n) is 5.55. The van der Waals surface area contributed by atoms with Gasteiger partial charge in [0.1, 0.15) is 5.75 Å². The molecule has 0 atom stereocenters. The summed E-state index contributed by atoms with van der Waals surface area (Å²) in [6.07, 6.45) is 0.645. The van der Waals surface area contributed by atoms with Crippen molar-refractivity contribution in [3.63, 3.8) is 0 Å². The molecule has 0 saturated heterocycles. The maximum absolute atomic E-state index is 12.1. The Morgan fingerprint density at radius 3 is 2.37 bits per heavy atom. The standard InChI is InChI=1S/C19H22F2N2O4/c1-25-16-8-3-13(11-17(16)26-2)9-10-22-18(24)12-23-14-4-6-15(7-5-14)27-19(20)21/h3-8,11,19,23H,9-10,12H2,1-2H3,(H,22,24). The molecule has 8 heteroatoms. The maximum Gasteiger partial charge on any atom is 0.387 e. The minimum atomic E-state index is -2.86. The van der Waals surface area contributed by atoms with Gasteiger partial charge in [0.15, 0.2) is 11.5 Å². The third-order valence-corrected chi connectivity index (χ3v) is 3.72. The summed E-state index contributed by atoms with van der Waals surface area (Å²) in [5.74, 6) is 1.18. The van der Waals surface area contributed by atoms with Gasteiger partial charge >= 0.3 is 6.61 Å². The minimum absolute atomic E-state index is 0.0647. The second kappa shape index (κ2) is 10.2. The maximum atomic E-state index is 12.1. The van der Waals surface area contributed by atoms with Crippen LogP contribution in [-0.2, 0) is 11.2 Å². The third-order valence-electron chi connectivity index (χ3n) is 3.72. The Labute approximate surface area is 156 Å². The largest absolute Gasteiger partial charge is 0.493 e. The van der Waals surface area contributed by atoms with Crippen LogP contribution in [0.25, 0.3) is 0 Å². The molecule has 2 aromatic rings. The predicted octanol–water partition coefficient (Wildman–Crippen LogP) is 3.08. The number of ether oxygens (including phenoxy) is 3. The first-order valence-electron chi connectivity index (χ1n) is 8.28. The van der Waals surface area contributed by atoms with E-state index in [2.05, 4.69) is 15.4 Å². The Morgan fingerprint density at radius 1 is 1.04 bits per heavy atom. The van der Waals surface area contributed by atoms with Crippen LogP contribution < -0.4 is 24.8 Å². The molecular formula is C19H22F2N2O4. The molecule has 0 bridgehead atoms. The van der Waals surface area contributed by atoms with Crippen LogP contribution in [0, 0.1) is 0 Å².